The maximum atomic E-state index is 13.2. The van der Waals surface area contributed by atoms with E-state index in [-0.39, 0.29) is 5.56 Å². The molecule has 1 amide bonds. The Bertz CT molecular complexity index is 605. The van der Waals surface area contributed by atoms with E-state index >= 15 is 0 Å². The average molecular weight is 289 g/mol. The molecule has 0 fully saturated rings. The molecule has 0 unspecified atom stereocenters. The predicted molar refractivity (Wildman–Crippen MR) is 78.0 cm³/mol. The summed E-state index contributed by atoms with van der Waals surface area (Å²) in [4.78, 5) is 15.8. The Hall–Kier alpha value is -2.63. The van der Waals surface area contributed by atoms with Gasteiger partial charge in [-0.15, -0.1) is 0 Å². The van der Waals surface area contributed by atoms with Gasteiger partial charge in [0.2, 0.25) is 0 Å². The number of aromatic nitrogens is 1. The van der Waals surface area contributed by atoms with Gasteiger partial charge in [0.15, 0.2) is 0 Å². The minimum atomic E-state index is -0.556. The average Bonchev–Trinajstić information content (AvgIpc) is 2.52. The molecular weight excluding hydrogens is 273 g/mol. The lowest BCUT2D eigenvalue weighted by molar-refractivity contribution is 0.0947. The predicted octanol–water partition coefficient (Wildman–Crippen LogP) is 2.07. The summed E-state index contributed by atoms with van der Waals surface area (Å²) in [7, 11) is 1.62. The number of anilines is 1. The third kappa shape index (κ3) is 4.17. The van der Waals surface area contributed by atoms with Crippen LogP contribution in [0, 0.1) is 5.82 Å². The molecule has 0 aliphatic rings. The lowest BCUT2D eigenvalue weighted by Crippen LogP contribution is -2.29. The molecule has 2 aromatic rings. The van der Waals surface area contributed by atoms with Gasteiger partial charge in [0, 0.05) is 7.05 Å². The highest BCUT2D eigenvalue weighted by Gasteiger charge is 2.12. The van der Waals surface area contributed by atoms with Gasteiger partial charge in [0.1, 0.15) is 24.0 Å². The number of carbonyl (C=O) groups is 1. The first-order valence-electron chi connectivity index (χ1n) is 6.50. The van der Waals surface area contributed by atoms with Crippen LogP contribution in [0.3, 0.4) is 0 Å². The normalized spacial score (nSPS) is 10.0. The van der Waals surface area contributed by atoms with Crippen molar-refractivity contribution >= 4 is 11.7 Å². The van der Waals surface area contributed by atoms with Crippen molar-refractivity contribution in [2.24, 2.45) is 0 Å². The number of para-hydroxylation sites is 1. The summed E-state index contributed by atoms with van der Waals surface area (Å²) in [6, 6.07) is 10.4. The molecule has 0 aliphatic carbocycles. The van der Waals surface area contributed by atoms with E-state index in [1.807, 2.05) is 30.3 Å². The van der Waals surface area contributed by atoms with Crippen LogP contribution in [0.25, 0.3) is 0 Å². The van der Waals surface area contributed by atoms with E-state index in [4.69, 9.17) is 4.74 Å². The number of carbonyl (C=O) groups excluding carboxylic acids is 1. The molecule has 1 heterocycles. The number of nitrogens with zero attached hydrogens (tertiary/aromatic N) is 1. The van der Waals surface area contributed by atoms with E-state index in [9.17, 15) is 9.18 Å². The van der Waals surface area contributed by atoms with Crippen molar-refractivity contribution in [3.63, 3.8) is 0 Å². The van der Waals surface area contributed by atoms with E-state index in [1.54, 1.807) is 7.05 Å². The molecule has 110 valence electrons. The highest BCUT2D eigenvalue weighted by Crippen LogP contribution is 2.12. The first-order valence-corrected chi connectivity index (χ1v) is 6.50. The van der Waals surface area contributed by atoms with Gasteiger partial charge in [-0.3, -0.25) is 4.79 Å². The minimum Gasteiger partial charge on any atom is -0.492 e. The second-order valence-corrected chi connectivity index (χ2v) is 4.22. The lowest BCUT2D eigenvalue weighted by atomic mass is 10.2. The first-order chi connectivity index (χ1) is 10.2. The molecule has 0 radical (unpaired) electrons. The maximum Gasteiger partial charge on any atom is 0.255 e. The van der Waals surface area contributed by atoms with E-state index in [0.717, 1.165) is 18.0 Å². The molecule has 2 rings (SSSR count). The highest BCUT2D eigenvalue weighted by atomic mass is 19.1. The Kier molecular flexibility index (Phi) is 5.09. The number of nitrogens with one attached hydrogen (secondary N) is 2. The molecule has 1 aromatic carbocycles. The summed E-state index contributed by atoms with van der Waals surface area (Å²) < 4.78 is 18.6. The van der Waals surface area contributed by atoms with Crippen LogP contribution in [0.15, 0.2) is 42.6 Å². The SMILES string of the molecule is CNc1ncc(F)cc1C(=O)NCCOc1ccccc1. The molecule has 21 heavy (non-hydrogen) atoms. The van der Waals surface area contributed by atoms with Gasteiger partial charge in [-0.1, -0.05) is 18.2 Å². The van der Waals surface area contributed by atoms with Crippen molar-refractivity contribution in [2.75, 3.05) is 25.5 Å². The fourth-order valence-electron chi connectivity index (χ4n) is 1.76. The molecule has 0 saturated carbocycles. The quantitative estimate of drug-likeness (QED) is 0.799. The topological polar surface area (TPSA) is 63.2 Å². The van der Waals surface area contributed by atoms with Crippen LogP contribution in [0.4, 0.5) is 10.2 Å². The summed E-state index contributed by atoms with van der Waals surface area (Å²) in [5, 5.41) is 5.41. The number of hydrogen-bond donors (Lipinski definition) is 2. The number of halogens is 1. The summed E-state index contributed by atoms with van der Waals surface area (Å²) in [6.07, 6.45) is 1.06. The summed E-state index contributed by atoms with van der Waals surface area (Å²) >= 11 is 0. The van der Waals surface area contributed by atoms with Gasteiger partial charge in [0.25, 0.3) is 5.91 Å². The number of amides is 1. The van der Waals surface area contributed by atoms with Crippen LogP contribution in [0.1, 0.15) is 10.4 Å². The van der Waals surface area contributed by atoms with Gasteiger partial charge in [-0.05, 0) is 18.2 Å². The summed E-state index contributed by atoms with van der Waals surface area (Å²) in [6.45, 7) is 0.640. The van der Waals surface area contributed by atoms with Gasteiger partial charge in [-0.2, -0.15) is 0 Å². The Morgan fingerprint density at radius 1 is 1.33 bits per heavy atom. The van der Waals surface area contributed by atoms with Crippen LogP contribution in [-0.4, -0.2) is 31.1 Å². The zero-order valence-electron chi connectivity index (χ0n) is 11.6. The van der Waals surface area contributed by atoms with Crippen LogP contribution in [0.2, 0.25) is 0 Å². The molecule has 0 saturated heterocycles. The van der Waals surface area contributed by atoms with Crippen molar-refractivity contribution in [3.8, 4) is 5.75 Å². The van der Waals surface area contributed by atoms with Crippen molar-refractivity contribution < 1.29 is 13.9 Å². The zero-order chi connectivity index (χ0) is 15.1. The summed E-state index contributed by atoms with van der Waals surface area (Å²) in [5.74, 6) is 0.107. The van der Waals surface area contributed by atoms with Crippen molar-refractivity contribution in [2.45, 2.75) is 0 Å². The molecule has 0 spiro atoms. The standard InChI is InChI=1S/C15H16FN3O2/c1-17-14-13(9-11(16)10-19-14)15(20)18-7-8-21-12-5-3-2-4-6-12/h2-6,9-10H,7-8H2,1H3,(H,17,19)(H,18,20). The van der Waals surface area contributed by atoms with Crippen molar-refractivity contribution in [1.82, 2.24) is 10.3 Å². The number of rotatable bonds is 6. The van der Waals surface area contributed by atoms with E-state index < -0.39 is 11.7 Å². The van der Waals surface area contributed by atoms with Crippen LogP contribution in [-0.2, 0) is 0 Å². The van der Waals surface area contributed by atoms with Crippen molar-refractivity contribution in [3.05, 3.63) is 54.0 Å². The van der Waals surface area contributed by atoms with Crippen LogP contribution in [0.5, 0.6) is 5.75 Å². The largest absolute Gasteiger partial charge is 0.492 e. The van der Waals surface area contributed by atoms with Crippen LogP contribution >= 0.6 is 0 Å². The monoisotopic (exact) mass is 289 g/mol. The number of ether oxygens (including phenoxy) is 1. The van der Waals surface area contributed by atoms with Crippen LogP contribution < -0.4 is 15.4 Å². The first kappa shape index (κ1) is 14.8. The minimum absolute atomic E-state index is 0.164. The maximum absolute atomic E-state index is 13.2. The molecule has 2 N–H and O–H groups in total. The fourth-order valence-corrected chi connectivity index (χ4v) is 1.76. The van der Waals surface area contributed by atoms with Gasteiger partial charge in [0.05, 0.1) is 18.3 Å². The van der Waals surface area contributed by atoms with E-state index in [0.29, 0.717) is 19.0 Å². The smallest absolute Gasteiger partial charge is 0.255 e. The highest BCUT2D eigenvalue weighted by molar-refractivity contribution is 5.98. The third-order valence-corrected chi connectivity index (χ3v) is 2.74. The van der Waals surface area contributed by atoms with E-state index in [2.05, 4.69) is 15.6 Å². The third-order valence-electron chi connectivity index (χ3n) is 2.74. The zero-order valence-corrected chi connectivity index (χ0v) is 11.6. The molecule has 0 bridgehead atoms. The van der Waals surface area contributed by atoms with Crippen molar-refractivity contribution in [1.29, 1.82) is 0 Å². The lowest BCUT2D eigenvalue weighted by Gasteiger charge is -2.10. The van der Waals surface area contributed by atoms with Gasteiger partial charge in [-0.25, -0.2) is 9.37 Å². The Labute approximate surface area is 122 Å². The van der Waals surface area contributed by atoms with Gasteiger partial charge < -0.3 is 15.4 Å². The Morgan fingerprint density at radius 2 is 2.10 bits per heavy atom. The Morgan fingerprint density at radius 3 is 2.81 bits per heavy atom. The molecule has 1 aromatic heterocycles. The van der Waals surface area contributed by atoms with Gasteiger partial charge >= 0.3 is 0 Å². The molecule has 6 heteroatoms. The molecular formula is C15H16FN3O2. The second kappa shape index (κ2) is 7.23. The number of benzene rings is 1. The molecule has 5 nitrogen and oxygen atoms in total. The number of pyridine rings is 1. The second-order valence-electron chi connectivity index (χ2n) is 4.22. The fraction of sp³-hybridized carbons (Fsp3) is 0.200. The summed E-state index contributed by atoms with van der Waals surface area (Å²) in [5.41, 5.74) is 0.164. The Balaban J connectivity index is 1.86. The molecule has 0 aliphatic heterocycles. The molecule has 0 atom stereocenters. The van der Waals surface area contributed by atoms with E-state index in [1.165, 1.54) is 0 Å². The number of hydrogen-bond acceptors (Lipinski definition) is 4.